The fourth-order valence-corrected chi connectivity index (χ4v) is 3.49. The molecule has 3 N–H and O–H groups in total. The van der Waals surface area contributed by atoms with Gasteiger partial charge in [0.15, 0.2) is 0 Å². The first-order chi connectivity index (χ1) is 11.7. The van der Waals surface area contributed by atoms with Gasteiger partial charge in [0.25, 0.3) is 0 Å². The smallest absolute Gasteiger partial charge is 0.224 e. The van der Waals surface area contributed by atoms with Crippen LogP contribution in [0.4, 0.5) is 5.69 Å². The number of aryl methyl sites for hydroxylation is 1. The number of nitrogens with one attached hydrogen (secondary N) is 2. The monoisotopic (exact) mass is 368 g/mol. The molecule has 1 unspecified atom stereocenters. The van der Waals surface area contributed by atoms with E-state index in [1.807, 2.05) is 18.2 Å². The fraction of sp³-hybridized carbons (Fsp3) is 0.632. The third kappa shape index (κ3) is 6.17. The largest absolute Gasteiger partial charge is 0.491 e. The second kappa shape index (κ2) is 10.00. The molecule has 1 aliphatic carbocycles. The first-order valence-corrected chi connectivity index (χ1v) is 9.18. The van der Waals surface area contributed by atoms with Crippen LogP contribution in [0.25, 0.3) is 0 Å². The van der Waals surface area contributed by atoms with Crippen molar-refractivity contribution in [3.63, 3.8) is 0 Å². The van der Waals surface area contributed by atoms with Crippen LogP contribution < -0.4 is 15.4 Å². The van der Waals surface area contributed by atoms with Gasteiger partial charge in [0.1, 0.15) is 18.5 Å². The van der Waals surface area contributed by atoms with E-state index >= 15 is 0 Å². The number of amides is 1. The average molecular weight is 369 g/mol. The maximum Gasteiger partial charge on any atom is 0.224 e. The molecule has 6 heteroatoms. The molecule has 2 aliphatic rings. The van der Waals surface area contributed by atoms with E-state index in [0.717, 1.165) is 23.4 Å². The van der Waals surface area contributed by atoms with Crippen LogP contribution in [-0.2, 0) is 11.2 Å². The number of benzene rings is 1. The maximum absolute atomic E-state index is 11.4. The molecule has 0 radical (unpaired) electrons. The molecule has 0 bridgehead atoms. The molecule has 1 heterocycles. The highest BCUT2D eigenvalue weighted by Crippen LogP contribution is 2.26. The lowest BCUT2D eigenvalue weighted by Gasteiger charge is -2.20. The van der Waals surface area contributed by atoms with Crippen molar-refractivity contribution in [3.8, 4) is 5.75 Å². The molecule has 3 rings (SSSR count). The Labute approximate surface area is 155 Å². The second-order valence-electron chi connectivity index (χ2n) is 6.93. The zero-order valence-electron chi connectivity index (χ0n) is 14.6. The summed E-state index contributed by atoms with van der Waals surface area (Å²) < 4.78 is 5.72. The molecule has 25 heavy (non-hydrogen) atoms. The molecule has 140 valence electrons. The molecule has 1 aliphatic heterocycles. The van der Waals surface area contributed by atoms with Crippen molar-refractivity contribution in [1.29, 1.82) is 0 Å². The molecule has 0 aromatic heterocycles. The summed E-state index contributed by atoms with van der Waals surface area (Å²) in [5, 5.41) is 16.5. The van der Waals surface area contributed by atoms with E-state index in [1.165, 1.54) is 38.5 Å². The van der Waals surface area contributed by atoms with E-state index in [0.29, 0.717) is 19.0 Å². The van der Waals surface area contributed by atoms with Gasteiger partial charge in [0, 0.05) is 24.7 Å². The van der Waals surface area contributed by atoms with Crippen LogP contribution >= 0.6 is 12.4 Å². The van der Waals surface area contributed by atoms with Crippen molar-refractivity contribution in [2.24, 2.45) is 0 Å². The number of hydrogen-bond acceptors (Lipinski definition) is 4. The Morgan fingerprint density at radius 2 is 1.96 bits per heavy atom. The molecule has 0 saturated heterocycles. The van der Waals surface area contributed by atoms with Gasteiger partial charge in [-0.05, 0) is 43.0 Å². The van der Waals surface area contributed by atoms with Gasteiger partial charge < -0.3 is 20.5 Å². The van der Waals surface area contributed by atoms with Gasteiger partial charge in [-0.1, -0.05) is 25.7 Å². The second-order valence-corrected chi connectivity index (χ2v) is 6.93. The summed E-state index contributed by atoms with van der Waals surface area (Å²) >= 11 is 0. The molecule has 0 spiro atoms. The molecule has 1 atom stereocenters. The summed E-state index contributed by atoms with van der Waals surface area (Å²) in [7, 11) is 0. The number of carbonyl (C=O) groups is 1. The Bertz CT molecular complexity index is 560. The Morgan fingerprint density at radius 3 is 2.72 bits per heavy atom. The van der Waals surface area contributed by atoms with Crippen molar-refractivity contribution in [3.05, 3.63) is 23.8 Å². The highest BCUT2D eigenvalue weighted by atomic mass is 35.5. The van der Waals surface area contributed by atoms with Gasteiger partial charge in [-0.2, -0.15) is 0 Å². The predicted molar refractivity (Wildman–Crippen MR) is 102 cm³/mol. The first-order valence-electron chi connectivity index (χ1n) is 9.18. The summed E-state index contributed by atoms with van der Waals surface area (Å²) in [6.45, 7) is 0.858. The molecular weight excluding hydrogens is 340 g/mol. The van der Waals surface area contributed by atoms with Gasteiger partial charge >= 0.3 is 0 Å². The highest BCUT2D eigenvalue weighted by molar-refractivity contribution is 5.93. The lowest BCUT2D eigenvalue weighted by molar-refractivity contribution is -0.116. The lowest BCUT2D eigenvalue weighted by Crippen LogP contribution is -2.37. The molecule has 1 amide bonds. The Hall–Kier alpha value is -1.30. The van der Waals surface area contributed by atoms with E-state index in [-0.39, 0.29) is 24.9 Å². The van der Waals surface area contributed by atoms with Gasteiger partial charge in [-0.3, -0.25) is 4.79 Å². The van der Waals surface area contributed by atoms with Crippen LogP contribution in [-0.4, -0.2) is 36.3 Å². The Balaban J connectivity index is 0.00000225. The minimum Gasteiger partial charge on any atom is -0.491 e. The highest BCUT2D eigenvalue weighted by Gasteiger charge is 2.16. The van der Waals surface area contributed by atoms with E-state index in [4.69, 9.17) is 4.74 Å². The number of aliphatic hydroxyl groups is 1. The zero-order chi connectivity index (χ0) is 16.8. The third-order valence-corrected chi connectivity index (χ3v) is 4.91. The first kappa shape index (κ1) is 20.0. The maximum atomic E-state index is 11.4. The number of ether oxygens (including phenoxy) is 1. The quantitative estimate of drug-likeness (QED) is 0.675. The number of aliphatic hydroxyl groups excluding tert-OH is 1. The van der Waals surface area contributed by atoms with Crippen molar-refractivity contribution in [2.45, 2.75) is 63.5 Å². The van der Waals surface area contributed by atoms with Gasteiger partial charge in [-0.25, -0.2) is 0 Å². The van der Waals surface area contributed by atoms with Crippen molar-refractivity contribution in [1.82, 2.24) is 5.32 Å². The minimum atomic E-state index is -0.510. The Kier molecular flexibility index (Phi) is 8.00. The van der Waals surface area contributed by atoms with Crippen molar-refractivity contribution >= 4 is 24.0 Å². The number of fused-ring (bicyclic) bond motifs is 1. The SMILES string of the molecule is Cl.O=C1CCc2cc(OCC(O)CNC3CCCCCC3)ccc2N1. The van der Waals surface area contributed by atoms with Crippen LogP contribution in [0.1, 0.15) is 50.5 Å². The van der Waals surface area contributed by atoms with Crippen LogP contribution in [0.5, 0.6) is 5.75 Å². The van der Waals surface area contributed by atoms with Gasteiger partial charge in [-0.15, -0.1) is 12.4 Å². The third-order valence-electron chi connectivity index (χ3n) is 4.91. The standard InChI is InChI=1S/C19H28N2O3.ClH/c22-16(12-20-15-5-3-1-2-4-6-15)13-24-17-8-9-18-14(11-17)7-10-19(23)21-18;/h8-9,11,15-16,20,22H,1-7,10,12-13H2,(H,21,23);1H. The van der Waals surface area contributed by atoms with Crippen LogP contribution in [0, 0.1) is 0 Å². The number of halogens is 1. The van der Waals surface area contributed by atoms with Gasteiger partial charge in [0.05, 0.1) is 0 Å². The topological polar surface area (TPSA) is 70.6 Å². The van der Waals surface area contributed by atoms with E-state index in [1.54, 1.807) is 0 Å². The predicted octanol–water partition coefficient (Wildman–Crippen LogP) is 3.05. The summed E-state index contributed by atoms with van der Waals surface area (Å²) in [6.07, 6.45) is 8.42. The fourth-order valence-electron chi connectivity index (χ4n) is 3.49. The summed E-state index contributed by atoms with van der Waals surface area (Å²) in [4.78, 5) is 11.4. The molecule has 5 nitrogen and oxygen atoms in total. The number of hydrogen-bond donors (Lipinski definition) is 3. The lowest BCUT2D eigenvalue weighted by atomic mass is 10.0. The van der Waals surface area contributed by atoms with E-state index < -0.39 is 6.10 Å². The summed E-state index contributed by atoms with van der Waals surface area (Å²) in [5.41, 5.74) is 1.97. The van der Waals surface area contributed by atoms with Crippen LogP contribution in [0.2, 0.25) is 0 Å². The van der Waals surface area contributed by atoms with Crippen LogP contribution in [0.15, 0.2) is 18.2 Å². The number of carbonyl (C=O) groups excluding carboxylic acids is 1. The number of anilines is 1. The Morgan fingerprint density at radius 1 is 1.20 bits per heavy atom. The molecule has 1 fully saturated rings. The summed E-state index contributed by atoms with van der Waals surface area (Å²) in [6, 6.07) is 6.21. The van der Waals surface area contributed by atoms with Crippen LogP contribution in [0.3, 0.4) is 0 Å². The number of rotatable bonds is 6. The molecule has 1 aromatic carbocycles. The van der Waals surface area contributed by atoms with Crippen molar-refractivity contribution in [2.75, 3.05) is 18.5 Å². The molecule has 1 saturated carbocycles. The van der Waals surface area contributed by atoms with Gasteiger partial charge in [0.2, 0.25) is 5.91 Å². The summed E-state index contributed by atoms with van der Waals surface area (Å²) in [5.74, 6) is 0.814. The van der Waals surface area contributed by atoms with E-state index in [9.17, 15) is 9.90 Å². The average Bonchev–Trinajstić information content (AvgIpc) is 2.87. The zero-order valence-corrected chi connectivity index (χ0v) is 15.4. The van der Waals surface area contributed by atoms with Crippen molar-refractivity contribution < 1.29 is 14.6 Å². The molecular formula is C19H29ClN2O3. The normalized spacial score (nSPS) is 19.2. The van der Waals surface area contributed by atoms with E-state index in [2.05, 4.69) is 10.6 Å². The minimum absolute atomic E-state index is 0. The molecule has 1 aromatic rings.